The predicted molar refractivity (Wildman–Crippen MR) is 75.3 cm³/mol. The molecule has 0 aliphatic carbocycles. The van der Waals surface area contributed by atoms with Crippen LogP contribution in [-0.2, 0) is 0 Å². The van der Waals surface area contributed by atoms with E-state index in [1.165, 1.54) is 0 Å². The molecule has 5 heteroatoms. The molecule has 4 nitrogen and oxygen atoms in total. The molecule has 2 aromatic heterocycles. The molecule has 3 N–H and O–H groups in total. The van der Waals surface area contributed by atoms with Crippen LogP contribution in [-0.4, -0.2) is 15.0 Å². The SMILES string of the molecule is Nc1ncc(I)cc1-c1nc2c[c]ccc2[nH]1. The molecular formula is C12H8IN4. The number of fused-ring (bicyclic) bond motifs is 1. The van der Waals surface area contributed by atoms with Gasteiger partial charge in [0.2, 0.25) is 0 Å². The fraction of sp³-hybridized carbons (Fsp3) is 0. The molecular weight excluding hydrogens is 327 g/mol. The van der Waals surface area contributed by atoms with Crippen LogP contribution in [0.5, 0.6) is 0 Å². The zero-order chi connectivity index (χ0) is 11.8. The number of imidazole rings is 1. The fourth-order valence-electron chi connectivity index (χ4n) is 1.66. The molecule has 0 fully saturated rings. The lowest BCUT2D eigenvalue weighted by Crippen LogP contribution is -1.95. The lowest BCUT2D eigenvalue weighted by atomic mass is 10.2. The van der Waals surface area contributed by atoms with Gasteiger partial charge in [-0.25, -0.2) is 9.97 Å². The van der Waals surface area contributed by atoms with E-state index >= 15 is 0 Å². The maximum atomic E-state index is 5.86. The van der Waals surface area contributed by atoms with E-state index in [0.29, 0.717) is 5.82 Å². The highest BCUT2D eigenvalue weighted by Gasteiger charge is 2.09. The Balaban J connectivity index is 2.23. The first kappa shape index (κ1) is 10.5. The first-order valence-electron chi connectivity index (χ1n) is 5.01. The lowest BCUT2D eigenvalue weighted by Gasteiger charge is -2.01. The summed E-state index contributed by atoms with van der Waals surface area (Å²) in [5.41, 5.74) is 8.53. The lowest BCUT2D eigenvalue weighted by molar-refractivity contribution is 1.27. The van der Waals surface area contributed by atoms with Crippen LogP contribution in [0, 0.1) is 9.64 Å². The Morgan fingerprint density at radius 1 is 1.41 bits per heavy atom. The third-order valence-electron chi connectivity index (χ3n) is 2.47. The number of anilines is 1. The summed E-state index contributed by atoms with van der Waals surface area (Å²) < 4.78 is 1.03. The highest BCUT2D eigenvalue weighted by Crippen LogP contribution is 2.25. The topological polar surface area (TPSA) is 67.6 Å². The number of aromatic amines is 1. The van der Waals surface area contributed by atoms with Crippen LogP contribution in [0.4, 0.5) is 5.82 Å². The summed E-state index contributed by atoms with van der Waals surface area (Å²) in [4.78, 5) is 11.8. The van der Waals surface area contributed by atoms with Crippen molar-refractivity contribution in [2.45, 2.75) is 0 Å². The first-order valence-corrected chi connectivity index (χ1v) is 6.09. The number of hydrogen-bond acceptors (Lipinski definition) is 3. The van der Waals surface area contributed by atoms with Crippen LogP contribution < -0.4 is 5.73 Å². The molecule has 1 aromatic carbocycles. The van der Waals surface area contributed by atoms with Gasteiger partial charge >= 0.3 is 0 Å². The minimum absolute atomic E-state index is 0.480. The zero-order valence-electron chi connectivity index (χ0n) is 8.74. The van der Waals surface area contributed by atoms with Gasteiger partial charge in [-0.15, -0.1) is 0 Å². The molecule has 0 atom stereocenters. The molecule has 0 bridgehead atoms. The number of pyridine rings is 1. The third-order valence-corrected chi connectivity index (χ3v) is 3.06. The number of nitrogen functional groups attached to an aromatic ring is 1. The van der Waals surface area contributed by atoms with E-state index in [1.807, 2.05) is 24.3 Å². The van der Waals surface area contributed by atoms with Gasteiger partial charge in [0.15, 0.2) is 0 Å². The molecule has 0 spiro atoms. The normalized spacial score (nSPS) is 10.9. The molecule has 0 aliphatic rings. The van der Waals surface area contributed by atoms with Crippen molar-refractivity contribution in [3.63, 3.8) is 0 Å². The molecule has 17 heavy (non-hydrogen) atoms. The molecule has 2 heterocycles. The van der Waals surface area contributed by atoms with E-state index < -0.39 is 0 Å². The van der Waals surface area contributed by atoms with Crippen LogP contribution in [0.1, 0.15) is 0 Å². The number of aromatic nitrogens is 3. The standard InChI is InChI=1S/C12H8IN4/c13-7-5-8(11(14)15-6-7)12-16-9-3-1-2-4-10(9)17-12/h1,3-6H,(H2,14,15)(H,16,17). The second-order valence-electron chi connectivity index (χ2n) is 3.61. The molecule has 0 unspecified atom stereocenters. The van der Waals surface area contributed by atoms with Gasteiger partial charge in [0.25, 0.3) is 0 Å². The van der Waals surface area contributed by atoms with Crippen molar-refractivity contribution in [1.82, 2.24) is 15.0 Å². The summed E-state index contributed by atoms with van der Waals surface area (Å²) in [5, 5.41) is 0. The predicted octanol–water partition coefficient (Wildman–Crippen LogP) is 2.61. The Kier molecular flexibility index (Phi) is 2.47. The first-order chi connectivity index (χ1) is 8.24. The van der Waals surface area contributed by atoms with E-state index in [0.717, 1.165) is 26.0 Å². The van der Waals surface area contributed by atoms with Crippen molar-refractivity contribution in [2.75, 3.05) is 5.73 Å². The maximum absolute atomic E-state index is 5.86. The van der Waals surface area contributed by atoms with Crippen molar-refractivity contribution < 1.29 is 0 Å². The quantitative estimate of drug-likeness (QED) is 0.672. The molecule has 3 rings (SSSR count). The third kappa shape index (κ3) is 1.86. The van der Waals surface area contributed by atoms with Crippen molar-refractivity contribution in [2.24, 2.45) is 0 Å². The van der Waals surface area contributed by atoms with Crippen LogP contribution >= 0.6 is 22.6 Å². The number of rotatable bonds is 1. The average Bonchev–Trinajstić information content (AvgIpc) is 2.75. The smallest absolute Gasteiger partial charge is 0.142 e. The van der Waals surface area contributed by atoms with E-state index in [9.17, 15) is 0 Å². The van der Waals surface area contributed by atoms with Gasteiger partial charge in [-0.2, -0.15) is 0 Å². The molecule has 0 saturated heterocycles. The van der Waals surface area contributed by atoms with Gasteiger partial charge in [-0.05, 0) is 46.9 Å². The second-order valence-corrected chi connectivity index (χ2v) is 4.86. The van der Waals surface area contributed by atoms with Gasteiger partial charge in [-0.1, -0.05) is 6.07 Å². The average molecular weight is 335 g/mol. The summed E-state index contributed by atoms with van der Waals surface area (Å²) in [6, 6.07) is 10.6. The molecule has 0 amide bonds. The number of H-pyrrole nitrogens is 1. The molecule has 83 valence electrons. The minimum Gasteiger partial charge on any atom is -0.383 e. The Bertz CT molecular complexity index is 657. The summed E-state index contributed by atoms with van der Waals surface area (Å²) in [6.07, 6.45) is 1.73. The van der Waals surface area contributed by atoms with Crippen molar-refractivity contribution >= 4 is 39.4 Å². The Morgan fingerprint density at radius 3 is 3.12 bits per heavy atom. The highest BCUT2D eigenvalue weighted by molar-refractivity contribution is 14.1. The monoisotopic (exact) mass is 335 g/mol. The van der Waals surface area contributed by atoms with Crippen LogP contribution in [0.15, 0.2) is 30.5 Å². The van der Waals surface area contributed by atoms with Crippen molar-refractivity contribution in [3.8, 4) is 11.4 Å². The molecule has 0 saturated carbocycles. The zero-order valence-corrected chi connectivity index (χ0v) is 10.9. The van der Waals surface area contributed by atoms with Crippen molar-refractivity contribution in [3.05, 3.63) is 40.1 Å². The fourth-order valence-corrected chi connectivity index (χ4v) is 2.11. The van der Waals surface area contributed by atoms with Crippen molar-refractivity contribution in [1.29, 1.82) is 0 Å². The van der Waals surface area contributed by atoms with Gasteiger partial charge in [0.05, 0.1) is 16.6 Å². The van der Waals surface area contributed by atoms with Crippen LogP contribution in [0.2, 0.25) is 0 Å². The maximum Gasteiger partial charge on any atom is 0.142 e. The summed E-state index contributed by atoms with van der Waals surface area (Å²) in [5.74, 6) is 1.22. The van der Waals surface area contributed by atoms with E-state index in [2.05, 4.69) is 43.6 Å². The largest absolute Gasteiger partial charge is 0.383 e. The second kappa shape index (κ2) is 3.99. The highest BCUT2D eigenvalue weighted by atomic mass is 127. The Hall–Kier alpha value is -1.63. The Morgan fingerprint density at radius 2 is 2.29 bits per heavy atom. The number of nitrogens with zero attached hydrogens (tertiary/aromatic N) is 2. The van der Waals surface area contributed by atoms with Crippen LogP contribution in [0.25, 0.3) is 22.4 Å². The van der Waals surface area contributed by atoms with E-state index in [4.69, 9.17) is 5.73 Å². The van der Waals surface area contributed by atoms with Gasteiger partial charge in [0, 0.05) is 9.77 Å². The molecule has 1 radical (unpaired) electrons. The summed E-state index contributed by atoms with van der Waals surface area (Å²) >= 11 is 2.20. The van der Waals surface area contributed by atoms with Crippen LogP contribution in [0.3, 0.4) is 0 Å². The van der Waals surface area contributed by atoms with E-state index in [1.54, 1.807) is 6.20 Å². The van der Waals surface area contributed by atoms with Gasteiger partial charge in [0.1, 0.15) is 11.6 Å². The number of benzene rings is 1. The van der Waals surface area contributed by atoms with E-state index in [-0.39, 0.29) is 0 Å². The summed E-state index contributed by atoms with van der Waals surface area (Å²) in [6.45, 7) is 0. The number of hydrogen-bond donors (Lipinski definition) is 2. The number of halogens is 1. The molecule has 3 aromatic rings. The minimum atomic E-state index is 0.480. The van der Waals surface area contributed by atoms with Gasteiger partial charge < -0.3 is 10.7 Å². The number of nitrogens with two attached hydrogens (primary N) is 1. The molecule has 0 aliphatic heterocycles. The summed E-state index contributed by atoms with van der Waals surface area (Å²) in [7, 11) is 0. The van der Waals surface area contributed by atoms with Gasteiger partial charge in [-0.3, -0.25) is 0 Å². The Labute approximate surface area is 111 Å². The number of nitrogens with one attached hydrogen (secondary N) is 1.